The average molecular weight is 375 g/mol. The normalized spacial score (nSPS) is 15.4. The molecule has 2 N–H and O–H groups in total. The number of ether oxygens (including phenoxy) is 1. The standard InChI is InChI=1S/C16H23ClN2O4S/c1-3-5-6-11(4-2)9-18-24(21,22)15-8-14-13(7-12(15)17)19-16(20)10-23-14/h7-8,11,18H,3-6,9-10H2,1-2H3,(H,19,20). The second-order valence-electron chi connectivity index (χ2n) is 5.88. The van der Waals surface area contributed by atoms with E-state index in [1.165, 1.54) is 12.1 Å². The van der Waals surface area contributed by atoms with Crippen LogP contribution in [0.3, 0.4) is 0 Å². The van der Waals surface area contributed by atoms with Gasteiger partial charge < -0.3 is 10.1 Å². The summed E-state index contributed by atoms with van der Waals surface area (Å²) in [6.07, 6.45) is 4.06. The summed E-state index contributed by atoms with van der Waals surface area (Å²) in [5.74, 6) is 0.304. The molecule has 24 heavy (non-hydrogen) atoms. The van der Waals surface area contributed by atoms with Crippen molar-refractivity contribution < 1.29 is 17.9 Å². The second-order valence-corrected chi connectivity index (χ2v) is 8.03. The van der Waals surface area contributed by atoms with E-state index in [2.05, 4.69) is 23.9 Å². The fraction of sp³-hybridized carbons (Fsp3) is 0.562. The van der Waals surface area contributed by atoms with E-state index in [-0.39, 0.29) is 22.4 Å². The fourth-order valence-electron chi connectivity index (χ4n) is 2.54. The number of carbonyl (C=O) groups excluding carboxylic acids is 1. The maximum atomic E-state index is 12.6. The Morgan fingerprint density at radius 2 is 2.12 bits per heavy atom. The van der Waals surface area contributed by atoms with E-state index in [1.807, 2.05) is 0 Å². The van der Waals surface area contributed by atoms with Crippen LogP contribution in [0.25, 0.3) is 0 Å². The van der Waals surface area contributed by atoms with Crippen LogP contribution in [0.5, 0.6) is 5.75 Å². The summed E-state index contributed by atoms with van der Waals surface area (Å²) in [5.41, 5.74) is 0.379. The molecule has 0 fully saturated rings. The zero-order valence-electron chi connectivity index (χ0n) is 13.9. The quantitative estimate of drug-likeness (QED) is 0.731. The highest BCUT2D eigenvalue weighted by Crippen LogP contribution is 2.35. The van der Waals surface area contributed by atoms with Crippen molar-refractivity contribution in [2.75, 3.05) is 18.5 Å². The SMILES string of the molecule is CCCCC(CC)CNS(=O)(=O)c1cc2c(cc1Cl)NC(=O)CO2. The molecule has 6 nitrogen and oxygen atoms in total. The number of hydrogen-bond acceptors (Lipinski definition) is 4. The lowest BCUT2D eigenvalue weighted by Gasteiger charge is -2.20. The number of fused-ring (bicyclic) bond motifs is 1. The second kappa shape index (κ2) is 8.18. The number of carbonyl (C=O) groups is 1. The Kier molecular flexibility index (Phi) is 6.48. The first-order valence-corrected chi connectivity index (χ1v) is 9.99. The number of benzene rings is 1. The highest BCUT2D eigenvalue weighted by molar-refractivity contribution is 7.89. The van der Waals surface area contributed by atoms with Crippen LogP contribution in [0.1, 0.15) is 39.5 Å². The van der Waals surface area contributed by atoms with Crippen molar-refractivity contribution in [2.45, 2.75) is 44.4 Å². The number of nitrogens with one attached hydrogen (secondary N) is 2. The van der Waals surface area contributed by atoms with Gasteiger partial charge in [0.1, 0.15) is 10.6 Å². The van der Waals surface area contributed by atoms with Gasteiger partial charge in [-0.2, -0.15) is 0 Å². The lowest BCUT2D eigenvalue weighted by atomic mass is 10.00. The molecule has 1 aromatic rings. The largest absolute Gasteiger partial charge is 0.482 e. The van der Waals surface area contributed by atoms with E-state index in [4.69, 9.17) is 16.3 Å². The Bertz CT molecular complexity index is 706. The van der Waals surface area contributed by atoms with Crippen LogP contribution in [0, 0.1) is 5.92 Å². The summed E-state index contributed by atoms with van der Waals surface area (Å²) in [5, 5.41) is 2.65. The van der Waals surface area contributed by atoms with Crippen molar-refractivity contribution in [1.29, 1.82) is 0 Å². The highest BCUT2D eigenvalue weighted by atomic mass is 35.5. The van der Waals surface area contributed by atoms with Crippen LogP contribution < -0.4 is 14.8 Å². The van der Waals surface area contributed by atoms with Crippen LogP contribution in [0.4, 0.5) is 5.69 Å². The minimum absolute atomic E-state index is 0.0376. The van der Waals surface area contributed by atoms with Crippen LogP contribution >= 0.6 is 11.6 Å². The number of unbranched alkanes of at least 4 members (excludes halogenated alkanes) is 1. The molecule has 0 aliphatic carbocycles. The molecule has 1 heterocycles. The Balaban J connectivity index is 2.15. The van der Waals surface area contributed by atoms with Crippen LogP contribution in [-0.2, 0) is 14.8 Å². The van der Waals surface area contributed by atoms with Gasteiger partial charge in [0.15, 0.2) is 6.61 Å². The summed E-state index contributed by atoms with van der Waals surface area (Å²) in [6.45, 7) is 4.40. The number of hydrogen-bond donors (Lipinski definition) is 2. The lowest BCUT2D eigenvalue weighted by molar-refractivity contribution is -0.118. The van der Waals surface area contributed by atoms with Gasteiger partial charge in [0, 0.05) is 12.6 Å². The van der Waals surface area contributed by atoms with Gasteiger partial charge >= 0.3 is 0 Å². The summed E-state index contributed by atoms with van der Waals surface area (Å²) in [4.78, 5) is 11.3. The van der Waals surface area contributed by atoms with Gasteiger partial charge in [-0.15, -0.1) is 0 Å². The first-order chi connectivity index (χ1) is 11.4. The smallest absolute Gasteiger partial charge is 0.262 e. The Morgan fingerprint density at radius 1 is 1.38 bits per heavy atom. The maximum Gasteiger partial charge on any atom is 0.262 e. The maximum absolute atomic E-state index is 12.6. The van der Waals surface area contributed by atoms with Crippen molar-refractivity contribution in [3.63, 3.8) is 0 Å². The summed E-state index contributed by atoms with van der Waals surface area (Å²) in [6, 6.07) is 2.75. The third-order valence-corrected chi connectivity index (χ3v) is 5.95. The van der Waals surface area contributed by atoms with Gasteiger partial charge in [-0.25, -0.2) is 13.1 Å². The van der Waals surface area contributed by atoms with Crippen LogP contribution in [-0.4, -0.2) is 27.5 Å². The van der Waals surface area contributed by atoms with Gasteiger partial charge in [0.25, 0.3) is 5.91 Å². The molecule has 1 unspecified atom stereocenters. The number of rotatable bonds is 8. The molecule has 1 aromatic carbocycles. The van der Waals surface area contributed by atoms with E-state index < -0.39 is 10.0 Å². The van der Waals surface area contributed by atoms with Gasteiger partial charge in [0.2, 0.25) is 10.0 Å². The van der Waals surface area contributed by atoms with Crippen LogP contribution in [0.15, 0.2) is 17.0 Å². The van der Waals surface area contributed by atoms with Crippen LogP contribution in [0.2, 0.25) is 5.02 Å². The molecule has 0 spiro atoms. The van der Waals surface area contributed by atoms with Crippen molar-refractivity contribution in [2.24, 2.45) is 5.92 Å². The van der Waals surface area contributed by atoms with E-state index in [9.17, 15) is 13.2 Å². The summed E-state index contributed by atoms with van der Waals surface area (Å²) in [7, 11) is -3.74. The molecule has 0 radical (unpaired) electrons. The van der Waals surface area contributed by atoms with E-state index in [0.29, 0.717) is 23.9 Å². The van der Waals surface area contributed by atoms with Crippen molar-refractivity contribution >= 4 is 33.2 Å². The number of anilines is 1. The molecule has 1 atom stereocenters. The molecule has 2 rings (SSSR count). The predicted molar refractivity (Wildman–Crippen MR) is 94.1 cm³/mol. The van der Waals surface area contributed by atoms with Crippen molar-refractivity contribution in [3.8, 4) is 5.75 Å². The molecular formula is C16H23ClN2O4S. The average Bonchev–Trinajstić information content (AvgIpc) is 2.54. The van der Waals surface area contributed by atoms with Gasteiger partial charge in [-0.3, -0.25) is 4.79 Å². The Hall–Kier alpha value is -1.31. The molecule has 0 aromatic heterocycles. The van der Waals surface area contributed by atoms with Gasteiger partial charge in [-0.05, 0) is 18.4 Å². The molecule has 0 saturated heterocycles. The van der Waals surface area contributed by atoms with Crippen molar-refractivity contribution in [1.82, 2.24) is 4.72 Å². The molecule has 0 bridgehead atoms. The minimum Gasteiger partial charge on any atom is -0.482 e. The first-order valence-electron chi connectivity index (χ1n) is 8.13. The number of halogens is 1. The predicted octanol–water partition coefficient (Wildman–Crippen LogP) is 3.17. The Labute approximate surface area is 148 Å². The van der Waals surface area contributed by atoms with Crippen molar-refractivity contribution in [3.05, 3.63) is 17.2 Å². The minimum atomic E-state index is -3.74. The monoisotopic (exact) mass is 374 g/mol. The zero-order chi connectivity index (χ0) is 17.7. The zero-order valence-corrected chi connectivity index (χ0v) is 15.5. The first kappa shape index (κ1) is 19.0. The van der Waals surface area contributed by atoms with E-state index in [1.54, 1.807) is 0 Å². The molecular weight excluding hydrogens is 352 g/mol. The molecule has 134 valence electrons. The molecule has 1 amide bonds. The van der Waals surface area contributed by atoms with E-state index in [0.717, 1.165) is 25.7 Å². The number of sulfonamides is 1. The Morgan fingerprint density at radius 3 is 2.79 bits per heavy atom. The van der Waals surface area contributed by atoms with E-state index >= 15 is 0 Å². The molecule has 0 saturated carbocycles. The lowest BCUT2D eigenvalue weighted by Crippen LogP contribution is -2.30. The topological polar surface area (TPSA) is 84.5 Å². The molecule has 1 aliphatic heterocycles. The fourth-order valence-corrected chi connectivity index (χ4v) is 4.19. The molecule has 8 heteroatoms. The van der Waals surface area contributed by atoms with Gasteiger partial charge in [-0.1, -0.05) is 44.7 Å². The molecule has 1 aliphatic rings. The van der Waals surface area contributed by atoms with Gasteiger partial charge in [0.05, 0.1) is 10.7 Å². The third kappa shape index (κ3) is 4.62. The summed E-state index contributed by atoms with van der Waals surface area (Å²) < 4.78 is 33.0. The third-order valence-electron chi connectivity index (χ3n) is 4.06. The number of amides is 1. The summed E-state index contributed by atoms with van der Waals surface area (Å²) >= 11 is 6.10. The highest BCUT2D eigenvalue weighted by Gasteiger charge is 2.24.